The Balaban J connectivity index is 3.43. The van der Waals surface area contributed by atoms with Gasteiger partial charge in [0, 0.05) is 12.8 Å². The number of unbranched alkanes of at least 4 members (excludes halogenated alkanes) is 4. The lowest BCUT2D eigenvalue weighted by Gasteiger charge is -2.08. The predicted molar refractivity (Wildman–Crippen MR) is 69.1 cm³/mol. The van der Waals surface area contributed by atoms with E-state index in [0.29, 0.717) is 18.8 Å². The van der Waals surface area contributed by atoms with Gasteiger partial charge in [0.05, 0.1) is 0 Å². The summed E-state index contributed by atoms with van der Waals surface area (Å²) in [7, 11) is 0. The summed E-state index contributed by atoms with van der Waals surface area (Å²) in [5.41, 5.74) is 4.87. The van der Waals surface area contributed by atoms with Gasteiger partial charge in [0.25, 0.3) is 0 Å². The van der Waals surface area contributed by atoms with Crippen molar-refractivity contribution in [2.24, 2.45) is 5.92 Å². The fourth-order valence-electron chi connectivity index (χ4n) is 1.51. The second-order valence-corrected chi connectivity index (χ2v) is 4.86. The monoisotopic (exact) mass is 242 g/mol. The Morgan fingerprint density at radius 2 is 1.53 bits per heavy atom. The zero-order valence-corrected chi connectivity index (χ0v) is 11.3. The highest BCUT2D eigenvalue weighted by atomic mass is 16.2. The summed E-state index contributed by atoms with van der Waals surface area (Å²) in [6.07, 6.45) is 6.53. The summed E-state index contributed by atoms with van der Waals surface area (Å²) < 4.78 is 0. The number of carbonyl (C=O) groups is 2. The lowest BCUT2D eigenvalue weighted by molar-refractivity contribution is -0.129. The van der Waals surface area contributed by atoms with E-state index in [2.05, 4.69) is 17.8 Å². The van der Waals surface area contributed by atoms with Crippen LogP contribution in [0.5, 0.6) is 0 Å². The van der Waals surface area contributed by atoms with Crippen LogP contribution >= 0.6 is 0 Å². The van der Waals surface area contributed by atoms with Crippen LogP contribution in [0, 0.1) is 5.92 Å². The molecule has 4 nitrogen and oxygen atoms in total. The van der Waals surface area contributed by atoms with Crippen molar-refractivity contribution in [2.45, 2.75) is 65.7 Å². The van der Waals surface area contributed by atoms with E-state index >= 15 is 0 Å². The van der Waals surface area contributed by atoms with Crippen molar-refractivity contribution in [1.29, 1.82) is 0 Å². The van der Waals surface area contributed by atoms with Crippen molar-refractivity contribution >= 4 is 11.8 Å². The standard InChI is InChI=1S/C13H26N2O2/c1-4-5-6-7-8-9-12(16)14-15-13(17)10-11(2)3/h11H,4-10H2,1-3H3,(H,14,16)(H,15,17). The Morgan fingerprint density at radius 3 is 2.12 bits per heavy atom. The molecule has 0 saturated heterocycles. The molecule has 0 aromatic rings. The zero-order chi connectivity index (χ0) is 13.1. The molecule has 100 valence electrons. The molecule has 0 aliphatic rings. The fourth-order valence-corrected chi connectivity index (χ4v) is 1.51. The number of hydrogen-bond acceptors (Lipinski definition) is 2. The first-order valence-corrected chi connectivity index (χ1v) is 6.64. The zero-order valence-electron chi connectivity index (χ0n) is 11.3. The van der Waals surface area contributed by atoms with Crippen molar-refractivity contribution in [3.8, 4) is 0 Å². The van der Waals surface area contributed by atoms with E-state index in [4.69, 9.17) is 0 Å². The molecule has 0 saturated carbocycles. The molecule has 0 rings (SSSR count). The number of amides is 2. The second-order valence-electron chi connectivity index (χ2n) is 4.86. The van der Waals surface area contributed by atoms with Crippen molar-refractivity contribution in [2.75, 3.05) is 0 Å². The first-order chi connectivity index (χ1) is 8.06. The minimum atomic E-state index is -0.126. The third-order valence-corrected chi connectivity index (χ3v) is 2.44. The van der Waals surface area contributed by atoms with Gasteiger partial charge in [-0.3, -0.25) is 20.4 Å². The molecule has 0 spiro atoms. The minimum absolute atomic E-state index is 0.0985. The van der Waals surface area contributed by atoms with Crippen LogP contribution in [0.4, 0.5) is 0 Å². The predicted octanol–water partition coefficient (Wildman–Crippen LogP) is 2.54. The van der Waals surface area contributed by atoms with Crippen molar-refractivity contribution < 1.29 is 9.59 Å². The summed E-state index contributed by atoms with van der Waals surface area (Å²) in [6, 6.07) is 0. The second kappa shape index (κ2) is 10.1. The number of hydrogen-bond donors (Lipinski definition) is 2. The Hall–Kier alpha value is -1.06. The SMILES string of the molecule is CCCCCCCC(=O)NNC(=O)CC(C)C. The summed E-state index contributed by atoms with van der Waals surface area (Å²) in [6.45, 7) is 6.10. The van der Waals surface area contributed by atoms with Crippen molar-refractivity contribution in [3.63, 3.8) is 0 Å². The molecule has 4 heteroatoms. The van der Waals surface area contributed by atoms with Crippen LogP contribution in [0.1, 0.15) is 65.7 Å². The van der Waals surface area contributed by atoms with Crippen LogP contribution in [0.2, 0.25) is 0 Å². The summed E-state index contributed by atoms with van der Waals surface area (Å²) >= 11 is 0. The quantitative estimate of drug-likeness (QED) is 0.507. The van der Waals surface area contributed by atoms with Crippen LogP contribution in [0.15, 0.2) is 0 Å². The van der Waals surface area contributed by atoms with Crippen LogP contribution in [-0.4, -0.2) is 11.8 Å². The smallest absolute Gasteiger partial charge is 0.238 e. The highest BCUT2D eigenvalue weighted by molar-refractivity contribution is 5.81. The van der Waals surface area contributed by atoms with Gasteiger partial charge in [-0.1, -0.05) is 46.5 Å². The molecule has 0 radical (unpaired) electrons. The molecule has 0 aromatic carbocycles. The van der Waals surface area contributed by atoms with E-state index in [9.17, 15) is 9.59 Å². The number of hydrazine groups is 1. The van der Waals surface area contributed by atoms with Crippen molar-refractivity contribution in [1.82, 2.24) is 10.9 Å². The molecule has 0 aliphatic carbocycles. The number of rotatable bonds is 8. The lowest BCUT2D eigenvalue weighted by Crippen LogP contribution is -2.41. The number of nitrogens with one attached hydrogen (secondary N) is 2. The van der Waals surface area contributed by atoms with Crippen LogP contribution in [0.3, 0.4) is 0 Å². The first-order valence-electron chi connectivity index (χ1n) is 6.64. The van der Waals surface area contributed by atoms with Gasteiger partial charge < -0.3 is 0 Å². The van der Waals surface area contributed by atoms with Gasteiger partial charge >= 0.3 is 0 Å². The summed E-state index contributed by atoms with van der Waals surface area (Å²) in [5.74, 6) is 0.0823. The molecular formula is C13H26N2O2. The van der Waals surface area contributed by atoms with Crippen LogP contribution in [0.25, 0.3) is 0 Å². The highest BCUT2D eigenvalue weighted by Crippen LogP contribution is 2.04. The Kier molecular flexibility index (Phi) is 9.49. The molecule has 2 N–H and O–H groups in total. The minimum Gasteiger partial charge on any atom is -0.273 e. The maximum absolute atomic E-state index is 11.3. The molecule has 0 bridgehead atoms. The summed E-state index contributed by atoms with van der Waals surface area (Å²) in [4.78, 5) is 22.6. The van der Waals surface area contributed by atoms with Crippen LogP contribution in [-0.2, 0) is 9.59 Å². The normalized spacial score (nSPS) is 10.4. The van der Waals surface area contributed by atoms with Crippen LogP contribution < -0.4 is 10.9 Å². The third-order valence-electron chi connectivity index (χ3n) is 2.44. The number of carbonyl (C=O) groups excluding carboxylic acids is 2. The van der Waals surface area contributed by atoms with E-state index in [1.54, 1.807) is 0 Å². The molecule has 17 heavy (non-hydrogen) atoms. The topological polar surface area (TPSA) is 58.2 Å². The molecule has 0 heterocycles. The van der Waals surface area contributed by atoms with E-state index in [-0.39, 0.29) is 11.8 Å². The average Bonchev–Trinajstić information content (AvgIpc) is 2.25. The maximum Gasteiger partial charge on any atom is 0.238 e. The van der Waals surface area contributed by atoms with E-state index in [1.165, 1.54) is 19.3 Å². The Morgan fingerprint density at radius 1 is 0.941 bits per heavy atom. The van der Waals surface area contributed by atoms with Gasteiger partial charge in [0.15, 0.2) is 0 Å². The average molecular weight is 242 g/mol. The maximum atomic E-state index is 11.3. The summed E-state index contributed by atoms with van der Waals surface area (Å²) in [5, 5.41) is 0. The molecule has 0 fully saturated rings. The molecule has 0 aromatic heterocycles. The van der Waals surface area contributed by atoms with Gasteiger partial charge in [0.2, 0.25) is 11.8 Å². The molecule has 0 atom stereocenters. The molecule has 2 amide bonds. The fraction of sp³-hybridized carbons (Fsp3) is 0.846. The Bertz CT molecular complexity index is 227. The Labute approximate surface area is 105 Å². The first kappa shape index (κ1) is 15.9. The molecular weight excluding hydrogens is 216 g/mol. The van der Waals surface area contributed by atoms with Gasteiger partial charge in [-0.25, -0.2) is 0 Å². The van der Waals surface area contributed by atoms with Gasteiger partial charge in [-0.15, -0.1) is 0 Å². The van der Waals surface area contributed by atoms with E-state index in [1.807, 2.05) is 13.8 Å². The highest BCUT2D eigenvalue weighted by Gasteiger charge is 2.06. The molecule has 0 aliphatic heterocycles. The van der Waals surface area contributed by atoms with E-state index in [0.717, 1.165) is 12.8 Å². The third kappa shape index (κ3) is 11.2. The lowest BCUT2D eigenvalue weighted by atomic mass is 10.1. The van der Waals surface area contributed by atoms with Crippen molar-refractivity contribution in [3.05, 3.63) is 0 Å². The molecule has 0 unspecified atom stereocenters. The largest absolute Gasteiger partial charge is 0.273 e. The van der Waals surface area contributed by atoms with Gasteiger partial charge in [-0.05, 0) is 12.3 Å². The van der Waals surface area contributed by atoms with Gasteiger partial charge in [0.1, 0.15) is 0 Å². The van der Waals surface area contributed by atoms with E-state index < -0.39 is 0 Å². The van der Waals surface area contributed by atoms with Gasteiger partial charge in [-0.2, -0.15) is 0 Å².